The standard InChI is InChI=1S/C19H18F2O3/c1-13(2)16-11-7-6-10-15(16)12-24-18(23)19(20,21)17(22)14-8-4-3-5-9-14/h3-11,13H,12H2,1-2H3/i7D. The fourth-order valence-electron chi connectivity index (χ4n) is 2.24. The summed E-state index contributed by atoms with van der Waals surface area (Å²) in [6.45, 7) is 3.38. The van der Waals surface area contributed by atoms with Crippen LogP contribution in [-0.4, -0.2) is 17.7 Å². The second-order valence-electron chi connectivity index (χ2n) is 5.63. The number of alkyl halides is 2. The minimum atomic E-state index is -4.26. The summed E-state index contributed by atoms with van der Waals surface area (Å²) in [5.41, 5.74) is 1.01. The number of ketones is 1. The minimum Gasteiger partial charge on any atom is -0.456 e. The predicted octanol–water partition coefficient (Wildman–Crippen LogP) is 4.37. The SMILES string of the molecule is [2H]c1ccc(COC(=O)C(F)(F)C(=O)c2ccccc2)c(C(C)C)c1. The van der Waals surface area contributed by atoms with Crippen LogP contribution in [0.4, 0.5) is 8.78 Å². The quantitative estimate of drug-likeness (QED) is 0.448. The van der Waals surface area contributed by atoms with Gasteiger partial charge < -0.3 is 4.74 Å². The molecule has 2 aromatic rings. The fourth-order valence-corrected chi connectivity index (χ4v) is 2.24. The first-order valence-electron chi connectivity index (χ1n) is 7.97. The van der Waals surface area contributed by atoms with Gasteiger partial charge in [-0.2, -0.15) is 8.78 Å². The number of Topliss-reactive ketones (excluding diaryl/α,β-unsaturated/α-hetero) is 1. The van der Waals surface area contributed by atoms with Gasteiger partial charge in [0.25, 0.3) is 0 Å². The van der Waals surface area contributed by atoms with Crippen molar-refractivity contribution in [1.82, 2.24) is 0 Å². The molecule has 5 heteroatoms. The van der Waals surface area contributed by atoms with Gasteiger partial charge in [-0.25, -0.2) is 4.79 Å². The van der Waals surface area contributed by atoms with Crippen LogP contribution in [0.2, 0.25) is 0 Å². The van der Waals surface area contributed by atoms with Crippen LogP contribution in [-0.2, 0) is 16.1 Å². The van der Waals surface area contributed by atoms with E-state index >= 15 is 0 Å². The molecule has 24 heavy (non-hydrogen) atoms. The molecule has 0 saturated heterocycles. The van der Waals surface area contributed by atoms with Crippen LogP contribution in [0.15, 0.2) is 54.6 Å². The summed E-state index contributed by atoms with van der Waals surface area (Å²) < 4.78 is 40.5. The van der Waals surface area contributed by atoms with Crippen LogP contribution >= 0.6 is 0 Å². The van der Waals surface area contributed by atoms with E-state index in [1.807, 2.05) is 13.8 Å². The molecule has 0 aliphatic heterocycles. The number of benzene rings is 2. The van der Waals surface area contributed by atoms with Crippen LogP contribution in [0.5, 0.6) is 0 Å². The summed E-state index contributed by atoms with van der Waals surface area (Å²) in [6.07, 6.45) is 0. The van der Waals surface area contributed by atoms with Crippen molar-refractivity contribution in [3.63, 3.8) is 0 Å². The number of hydrogen-bond acceptors (Lipinski definition) is 3. The Hall–Kier alpha value is -2.56. The lowest BCUT2D eigenvalue weighted by atomic mass is 9.98. The third-order valence-corrected chi connectivity index (χ3v) is 3.55. The van der Waals surface area contributed by atoms with Gasteiger partial charge in [-0.15, -0.1) is 0 Å². The van der Waals surface area contributed by atoms with E-state index in [1.54, 1.807) is 18.2 Å². The highest BCUT2D eigenvalue weighted by molar-refractivity contribution is 6.13. The molecule has 0 radical (unpaired) electrons. The number of esters is 1. The summed E-state index contributed by atoms with van der Waals surface area (Å²) in [7, 11) is 0. The number of hydrogen-bond donors (Lipinski definition) is 0. The molecular weight excluding hydrogens is 314 g/mol. The van der Waals surface area contributed by atoms with Gasteiger partial charge in [-0.3, -0.25) is 4.79 Å². The second-order valence-corrected chi connectivity index (χ2v) is 5.63. The summed E-state index contributed by atoms with van der Waals surface area (Å²) in [5.74, 6) is -7.70. The molecule has 3 nitrogen and oxygen atoms in total. The van der Waals surface area contributed by atoms with Crippen molar-refractivity contribution in [3.8, 4) is 0 Å². The Morgan fingerprint density at radius 2 is 1.79 bits per heavy atom. The Bertz CT molecular complexity index is 773. The fraction of sp³-hybridized carbons (Fsp3) is 0.263. The van der Waals surface area contributed by atoms with E-state index in [4.69, 9.17) is 6.11 Å². The zero-order valence-electron chi connectivity index (χ0n) is 14.4. The van der Waals surface area contributed by atoms with Crippen molar-refractivity contribution in [2.75, 3.05) is 0 Å². The monoisotopic (exact) mass is 333 g/mol. The zero-order chi connectivity index (χ0) is 18.6. The van der Waals surface area contributed by atoms with Crippen molar-refractivity contribution in [2.45, 2.75) is 32.3 Å². The van der Waals surface area contributed by atoms with Crippen LogP contribution < -0.4 is 0 Å². The Balaban J connectivity index is 2.13. The van der Waals surface area contributed by atoms with Crippen LogP contribution in [0.1, 0.15) is 42.6 Å². The largest absolute Gasteiger partial charge is 0.456 e. The molecule has 126 valence electrons. The smallest absolute Gasteiger partial charge is 0.404 e. The van der Waals surface area contributed by atoms with Gasteiger partial charge in [-0.05, 0) is 17.0 Å². The van der Waals surface area contributed by atoms with Gasteiger partial charge in [0.1, 0.15) is 6.61 Å². The van der Waals surface area contributed by atoms with Crippen molar-refractivity contribution in [1.29, 1.82) is 0 Å². The van der Waals surface area contributed by atoms with Gasteiger partial charge in [0, 0.05) is 5.56 Å². The molecule has 0 bridgehead atoms. The highest BCUT2D eigenvalue weighted by Crippen LogP contribution is 2.24. The van der Waals surface area contributed by atoms with Gasteiger partial charge in [-0.1, -0.05) is 68.4 Å². The Kier molecular flexibility index (Phi) is 4.99. The lowest BCUT2D eigenvalue weighted by Crippen LogP contribution is -2.39. The molecule has 0 amide bonds. The van der Waals surface area contributed by atoms with Crippen LogP contribution in [0, 0.1) is 0 Å². The molecule has 0 heterocycles. The Labute approximate surface area is 140 Å². The first kappa shape index (κ1) is 16.3. The molecule has 2 rings (SSSR count). The molecular formula is C19H18F2O3. The Morgan fingerprint density at radius 1 is 1.12 bits per heavy atom. The normalized spacial score (nSPS) is 12.0. The predicted molar refractivity (Wildman–Crippen MR) is 86.0 cm³/mol. The number of carbonyl (C=O) groups is 2. The first-order valence-corrected chi connectivity index (χ1v) is 7.47. The Morgan fingerprint density at radius 3 is 2.42 bits per heavy atom. The molecule has 0 spiro atoms. The maximum Gasteiger partial charge on any atom is 0.404 e. The lowest BCUT2D eigenvalue weighted by molar-refractivity contribution is -0.166. The van der Waals surface area contributed by atoms with Crippen molar-refractivity contribution in [2.24, 2.45) is 0 Å². The maximum atomic E-state index is 14.1. The highest BCUT2D eigenvalue weighted by Gasteiger charge is 2.49. The number of carbonyl (C=O) groups excluding carboxylic acids is 2. The molecule has 0 atom stereocenters. The molecule has 0 fully saturated rings. The molecule has 0 aromatic heterocycles. The third kappa shape index (κ3) is 3.85. The average molecular weight is 333 g/mol. The number of ether oxygens (including phenoxy) is 1. The molecule has 0 saturated carbocycles. The molecule has 0 aliphatic rings. The van der Waals surface area contributed by atoms with Crippen molar-refractivity contribution < 1.29 is 24.5 Å². The van der Waals surface area contributed by atoms with E-state index in [2.05, 4.69) is 0 Å². The minimum absolute atomic E-state index is 0.0328. The summed E-state index contributed by atoms with van der Waals surface area (Å²) >= 11 is 0. The van der Waals surface area contributed by atoms with Crippen molar-refractivity contribution >= 4 is 11.8 Å². The molecule has 0 aliphatic carbocycles. The summed E-state index contributed by atoms with van der Waals surface area (Å²) in [5, 5.41) is 0. The van der Waals surface area contributed by atoms with E-state index in [1.165, 1.54) is 30.3 Å². The van der Waals surface area contributed by atoms with E-state index in [-0.39, 0.29) is 24.1 Å². The van der Waals surface area contributed by atoms with Crippen molar-refractivity contribution in [3.05, 3.63) is 71.3 Å². The topological polar surface area (TPSA) is 43.4 Å². The van der Waals surface area contributed by atoms with E-state index in [0.717, 1.165) is 5.56 Å². The second kappa shape index (κ2) is 7.34. The van der Waals surface area contributed by atoms with Gasteiger partial charge in [0.2, 0.25) is 5.78 Å². The average Bonchev–Trinajstić information content (AvgIpc) is 2.60. The van der Waals surface area contributed by atoms with Gasteiger partial charge >= 0.3 is 11.9 Å². The number of halogens is 2. The van der Waals surface area contributed by atoms with Gasteiger partial charge in [0.15, 0.2) is 0 Å². The van der Waals surface area contributed by atoms with Gasteiger partial charge in [0.05, 0.1) is 1.37 Å². The summed E-state index contributed by atoms with van der Waals surface area (Å²) in [4.78, 5) is 23.6. The number of rotatable bonds is 6. The van der Waals surface area contributed by atoms with Crippen LogP contribution in [0.25, 0.3) is 0 Å². The zero-order valence-corrected chi connectivity index (χ0v) is 13.4. The third-order valence-electron chi connectivity index (χ3n) is 3.55. The lowest BCUT2D eigenvalue weighted by Gasteiger charge is -2.16. The van der Waals surface area contributed by atoms with E-state index in [9.17, 15) is 18.4 Å². The molecule has 2 aromatic carbocycles. The van der Waals surface area contributed by atoms with E-state index in [0.29, 0.717) is 5.56 Å². The molecule has 0 unspecified atom stereocenters. The summed E-state index contributed by atoms with van der Waals surface area (Å²) in [6, 6.07) is 11.8. The maximum absolute atomic E-state index is 14.1. The highest BCUT2D eigenvalue weighted by atomic mass is 19.3. The van der Waals surface area contributed by atoms with Crippen LogP contribution in [0.3, 0.4) is 0 Å². The molecule has 0 N–H and O–H groups in total. The van der Waals surface area contributed by atoms with E-state index < -0.39 is 17.7 Å². The first-order chi connectivity index (χ1) is 11.7.